The maximum Gasteiger partial charge on any atom is 0.193 e. The van der Waals surface area contributed by atoms with Crippen molar-refractivity contribution in [2.24, 2.45) is 4.99 Å². The first kappa shape index (κ1) is 18.5. The van der Waals surface area contributed by atoms with Gasteiger partial charge in [0, 0.05) is 33.0 Å². The molecule has 6 heteroatoms. The van der Waals surface area contributed by atoms with Crippen molar-refractivity contribution in [1.29, 1.82) is 0 Å². The molecule has 1 N–H and O–H groups in total. The van der Waals surface area contributed by atoms with Crippen molar-refractivity contribution in [3.05, 3.63) is 78.6 Å². The molecule has 0 unspecified atom stereocenters. The lowest BCUT2D eigenvalue weighted by Crippen LogP contribution is -2.40. The van der Waals surface area contributed by atoms with Crippen LogP contribution in [0.1, 0.15) is 5.56 Å². The molecule has 0 atom stereocenters. The molecule has 2 aromatic carbocycles. The smallest absolute Gasteiger partial charge is 0.193 e. The Morgan fingerprint density at radius 1 is 1.11 bits per heavy atom. The number of aliphatic imine (C=N–C) groups is 1. The van der Waals surface area contributed by atoms with Gasteiger partial charge in [-0.15, -0.1) is 0 Å². The zero-order chi connectivity index (χ0) is 18.9. The first-order chi connectivity index (χ1) is 13.3. The maximum atomic E-state index is 5.75. The molecule has 0 aliphatic carbocycles. The molecule has 1 aromatic heterocycles. The van der Waals surface area contributed by atoms with E-state index in [9.17, 15) is 0 Å². The third kappa shape index (κ3) is 5.34. The van der Waals surface area contributed by atoms with Crippen LogP contribution in [0.2, 0.25) is 0 Å². The Hall–Kier alpha value is -3.28. The van der Waals surface area contributed by atoms with Gasteiger partial charge in [0.15, 0.2) is 5.96 Å². The molecule has 1 heterocycles. The van der Waals surface area contributed by atoms with Gasteiger partial charge in [-0.3, -0.25) is 4.99 Å². The fourth-order valence-corrected chi connectivity index (χ4v) is 2.68. The lowest BCUT2D eigenvalue weighted by atomic mass is 10.2. The van der Waals surface area contributed by atoms with E-state index < -0.39 is 0 Å². The van der Waals surface area contributed by atoms with Crippen LogP contribution in [0.3, 0.4) is 0 Å². The molecule has 0 saturated heterocycles. The van der Waals surface area contributed by atoms with Gasteiger partial charge >= 0.3 is 0 Å². The van der Waals surface area contributed by atoms with Crippen LogP contribution in [0.15, 0.2) is 78.0 Å². The zero-order valence-electron chi connectivity index (χ0n) is 15.7. The van der Waals surface area contributed by atoms with Crippen LogP contribution < -0.4 is 10.1 Å². The van der Waals surface area contributed by atoms with Crippen molar-refractivity contribution >= 4 is 5.96 Å². The van der Waals surface area contributed by atoms with E-state index in [0.29, 0.717) is 13.2 Å². The Labute approximate surface area is 160 Å². The topological polar surface area (TPSA) is 54.7 Å². The van der Waals surface area contributed by atoms with Crippen LogP contribution in [0, 0.1) is 0 Å². The van der Waals surface area contributed by atoms with Crippen LogP contribution in [-0.2, 0) is 6.54 Å². The average molecular weight is 363 g/mol. The van der Waals surface area contributed by atoms with Gasteiger partial charge in [-0.1, -0.05) is 30.3 Å². The normalized spacial score (nSPS) is 11.3. The van der Waals surface area contributed by atoms with Crippen LogP contribution in [-0.4, -0.2) is 47.9 Å². The Morgan fingerprint density at radius 3 is 2.56 bits per heavy atom. The number of hydrogen-bond donors (Lipinski definition) is 1. The van der Waals surface area contributed by atoms with Gasteiger partial charge in [0.1, 0.15) is 12.4 Å². The molecule has 6 nitrogen and oxygen atoms in total. The minimum absolute atomic E-state index is 0.597. The molecule has 0 aliphatic rings. The number of benzene rings is 2. The second-order valence-corrected chi connectivity index (χ2v) is 6.10. The summed E-state index contributed by atoms with van der Waals surface area (Å²) in [6.45, 7) is 2.04. The molecule has 0 aliphatic heterocycles. The minimum atomic E-state index is 0.597. The van der Waals surface area contributed by atoms with Gasteiger partial charge in [-0.2, -0.15) is 5.10 Å². The Balaban J connectivity index is 1.46. The van der Waals surface area contributed by atoms with Crippen molar-refractivity contribution in [1.82, 2.24) is 20.0 Å². The predicted octanol–water partition coefficient (Wildman–Crippen LogP) is 2.96. The summed E-state index contributed by atoms with van der Waals surface area (Å²) in [5.41, 5.74) is 2.23. The van der Waals surface area contributed by atoms with Gasteiger partial charge in [0.2, 0.25) is 0 Å². The molecular weight excluding hydrogens is 338 g/mol. The number of likely N-dealkylation sites (N-methyl/N-ethyl adjacent to an activating group) is 1. The predicted molar refractivity (Wildman–Crippen MR) is 108 cm³/mol. The van der Waals surface area contributed by atoms with Crippen LogP contribution in [0.5, 0.6) is 5.75 Å². The fraction of sp³-hybridized carbons (Fsp3) is 0.238. The number of hydrogen-bond acceptors (Lipinski definition) is 3. The van der Waals surface area contributed by atoms with E-state index in [2.05, 4.69) is 44.6 Å². The highest BCUT2D eigenvalue weighted by atomic mass is 16.5. The van der Waals surface area contributed by atoms with Crippen LogP contribution >= 0.6 is 0 Å². The number of aromatic nitrogens is 2. The highest BCUT2D eigenvalue weighted by Crippen LogP contribution is 2.09. The summed E-state index contributed by atoms with van der Waals surface area (Å²) in [5.74, 6) is 1.72. The summed E-state index contributed by atoms with van der Waals surface area (Å²) >= 11 is 0. The molecule has 0 amide bonds. The van der Waals surface area contributed by atoms with Gasteiger partial charge in [-0.25, -0.2) is 4.68 Å². The van der Waals surface area contributed by atoms with Crippen LogP contribution in [0.4, 0.5) is 0 Å². The fourth-order valence-electron chi connectivity index (χ4n) is 2.68. The van der Waals surface area contributed by atoms with Gasteiger partial charge in [0.05, 0.1) is 12.2 Å². The van der Waals surface area contributed by atoms with Crippen molar-refractivity contribution in [3.63, 3.8) is 0 Å². The van der Waals surface area contributed by atoms with E-state index in [1.807, 2.05) is 54.3 Å². The number of guanidine groups is 1. The molecule has 140 valence electrons. The molecule has 0 fully saturated rings. The zero-order valence-corrected chi connectivity index (χ0v) is 15.7. The first-order valence-electron chi connectivity index (χ1n) is 8.95. The van der Waals surface area contributed by atoms with E-state index in [1.54, 1.807) is 13.2 Å². The molecule has 3 rings (SSSR count). The monoisotopic (exact) mass is 363 g/mol. The first-order valence-corrected chi connectivity index (χ1v) is 8.95. The molecule has 27 heavy (non-hydrogen) atoms. The van der Waals surface area contributed by atoms with E-state index in [1.165, 1.54) is 5.56 Å². The molecule has 0 spiro atoms. The standard InChI is InChI=1S/C21H25N5O/c1-22-21(25(2)15-16-27-20-7-4-3-5-8-20)23-17-18-9-11-19(12-10-18)26-14-6-13-24-26/h3-14H,15-17H2,1-2H3,(H,22,23). The van der Waals surface area contributed by atoms with Crippen LogP contribution in [0.25, 0.3) is 5.69 Å². The Bertz CT molecular complexity index is 829. The lowest BCUT2D eigenvalue weighted by Gasteiger charge is -2.22. The molecule has 0 bridgehead atoms. The summed E-state index contributed by atoms with van der Waals surface area (Å²) in [5, 5.41) is 7.63. The second-order valence-electron chi connectivity index (χ2n) is 6.10. The largest absolute Gasteiger partial charge is 0.492 e. The maximum absolute atomic E-state index is 5.75. The van der Waals surface area contributed by atoms with E-state index >= 15 is 0 Å². The SMILES string of the molecule is CN=C(NCc1ccc(-n2cccn2)cc1)N(C)CCOc1ccccc1. The molecular formula is C21H25N5O. The molecule has 0 radical (unpaired) electrons. The highest BCUT2D eigenvalue weighted by Gasteiger charge is 2.06. The van der Waals surface area contributed by atoms with E-state index in [0.717, 1.165) is 23.9 Å². The van der Waals surface area contributed by atoms with Gasteiger partial charge < -0.3 is 15.0 Å². The summed E-state index contributed by atoms with van der Waals surface area (Å²) in [6, 6.07) is 20.1. The number of rotatable bonds is 7. The van der Waals surface area contributed by atoms with E-state index in [-0.39, 0.29) is 0 Å². The highest BCUT2D eigenvalue weighted by molar-refractivity contribution is 5.79. The summed E-state index contributed by atoms with van der Waals surface area (Å²) in [7, 11) is 3.79. The van der Waals surface area contributed by atoms with Gasteiger partial charge in [0.25, 0.3) is 0 Å². The van der Waals surface area contributed by atoms with Crippen molar-refractivity contribution < 1.29 is 4.74 Å². The number of para-hydroxylation sites is 1. The van der Waals surface area contributed by atoms with Crippen molar-refractivity contribution in [2.45, 2.75) is 6.54 Å². The quantitative estimate of drug-likeness (QED) is 0.518. The van der Waals surface area contributed by atoms with Crippen molar-refractivity contribution in [2.75, 3.05) is 27.2 Å². The van der Waals surface area contributed by atoms with E-state index in [4.69, 9.17) is 4.74 Å². The summed E-state index contributed by atoms with van der Waals surface area (Å²) < 4.78 is 7.59. The minimum Gasteiger partial charge on any atom is -0.492 e. The molecule has 0 saturated carbocycles. The third-order valence-corrected chi connectivity index (χ3v) is 4.17. The Morgan fingerprint density at radius 2 is 1.89 bits per heavy atom. The summed E-state index contributed by atoms with van der Waals surface area (Å²) in [6.07, 6.45) is 3.71. The molecule has 3 aromatic rings. The Kier molecular flexibility index (Phi) is 6.46. The third-order valence-electron chi connectivity index (χ3n) is 4.17. The lowest BCUT2D eigenvalue weighted by molar-refractivity contribution is 0.281. The van der Waals surface area contributed by atoms with Crippen molar-refractivity contribution in [3.8, 4) is 11.4 Å². The average Bonchev–Trinajstić information content (AvgIpc) is 3.25. The van der Waals surface area contributed by atoms with Gasteiger partial charge in [-0.05, 0) is 35.9 Å². The second kappa shape index (κ2) is 9.43. The number of nitrogens with one attached hydrogen (secondary N) is 1. The number of nitrogens with zero attached hydrogens (tertiary/aromatic N) is 4. The summed E-state index contributed by atoms with van der Waals surface area (Å²) in [4.78, 5) is 6.41. The number of ether oxygens (including phenoxy) is 1.